The minimum absolute atomic E-state index is 0.226. The van der Waals surface area contributed by atoms with Gasteiger partial charge in [0.05, 0.1) is 12.8 Å². The van der Waals surface area contributed by atoms with Gasteiger partial charge in [0.15, 0.2) is 11.4 Å². The molecule has 23 heavy (non-hydrogen) atoms. The van der Waals surface area contributed by atoms with E-state index in [1.165, 1.54) is 12.6 Å². The molecule has 1 aromatic carbocycles. The number of fused-ring (bicyclic) bond motifs is 3. The summed E-state index contributed by atoms with van der Waals surface area (Å²) in [5.41, 5.74) is 0.913. The lowest BCUT2D eigenvalue weighted by molar-refractivity contribution is 0.0476. The summed E-state index contributed by atoms with van der Waals surface area (Å²) < 4.78 is 11.1. The molecule has 6 heteroatoms. The molecule has 0 aliphatic heterocycles. The summed E-state index contributed by atoms with van der Waals surface area (Å²) in [6.45, 7) is 1.90. The Morgan fingerprint density at radius 2 is 2.04 bits per heavy atom. The van der Waals surface area contributed by atoms with Crippen LogP contribution < -0.4 is 5.32 Å². The van der Waals surface area contributed by atoms with Crippen molar-refractivity contribution in [3.63, 3.8) is 0 Å². The summed E-state index contributed by atoms with van der Waals surface area (Å²) in [4.78, 5) is 8.53. The van der Waals surface area contributed by atoms with Crippen molar-refractivity contribution in [2.75, 3.05) is 11.9 Å². The van der Waals surface area contributed by atoms with Crippen LogP contribution in [0.25, 0.3) is 22.1 Å². The second-order valence-corrected chi connectivity index (χ2v) is 5.60. The molecule has 0 fully saturated rings. The smallest absolute Gasteiger partial charge is 0.196 e. The van der Waals surface area contributed by atoms with E-state index >= 15 is 0 Å². The zero-order chi connectivity index (χ0) is 15.9. The Bertz CT molecular complexity index is 958. The number of nitrogens with zero attached hydrogens (tertiary/aromatic N) is 2. The summed E-state index contributed by atoms with van der Waals surface area (Å²) in [7, 11) is 0. The van der Waals surface area contributed by atoms with E-state index in [1.54, 1.807) is 19.1 Å². The third kappa shape index (κ3) is 2.33. The minimum atomic E-state index is -1.16. The van der Waals surface area contributed by atoms with Crippen LogP contribution >= 0.6 is 0 Å². The van der Waals surface area contributed by atoms with Gasteiger partial charge >= 0.3 is 0 Å². The lowest BCUT2D eigenvalue weighted by Crippen LogP contribution is -2.30. The maximum absolute atomic E-state index is 10.5. The van der Waals surface area contributed by atoms with Crippen molar-refractivity contribution in [2.45, 2.75) is 12.5 Å². The first kappa shape index (κ1) is 13.8. The van der Waals surface area contributed by atoms with Crippen LogP contribution in [0.2, 0.25) is 0 Å². The van der Waals surface area contributed by atoms with E-state index in [2.05, 4.69) is 15.3 Å². The van der Waals surface area contributed by atoms with Gasteiger partial charge in [-0.25, -0.2) is 9.97 Å². The van der Waals surface area contributed by atoms with Crippen LogP contribution in [0, 0.1) is 0 Å². The molecule has 0 aliphatic carbocycles. The van der Waals surface area contributed by atoms with Gasteiger partial charge in [0.2, 0.25) is 0 Å². The highest BCUT2D eigenvalue weighted by Crippen LogP contribution is 2.31. The number of hydrogen-bond donors (Lipinski definition) is 2. The largest absolute Gasteiger partial charge is 0.466 e. The first-order valence-electron chi connectivity index (χ1n) is 7.28. The first-order chi connectivity index (χ1) is 11.1. The Morgan fingerprint density at radius 3 is 2.87 bits per heavy atom. The maximum Gasteiger partial charge on any atom is 0.196 e. The van der Waals surface area contributed by atoms with Gasteiger partial charge in [0.25, 0.3) is 0 Å². The fraction of sp³-hybridized carbons (Fsp3) is 0.176. The van der Waals surface area contributed by atoms with Crippen molar-refractivity contribution in [1.29, 1.82) is 0 Å². The summed E-state index contributed by atoms with van der Waals surface area (Å²) in [5, 5.41) is 14.6. The first-order valence-corrected chi connectivity index (χ1v) is 7.28. The molecule has 4 rings (SSSR count). The molecule has 3 heterocycles. The van der Waals surface area contributed by atoms with Crippen LogP contribution in [0.4, 0.5) is 5.82 Å². The predicted octanol–water partition coefficient (Wildman–Crippen LogP) is 3.29. The van der Waals surface area contributed by atoms with Gasteiger partial charge in [-0.2, -0.15) is 0 Å². The minimum Gasteiger partial charge on any atom is -0.466 e. The second kappa shape index (κ2) is 5.10. The molecule has 0 saturated heterocycles. The van der Waals surface area contributed by atoms with Crippen molar-refractivity contribution in [3.05, 3.63) is 54.7 Å². The molecule has 1 atom stereocenters. The normalized spacial score (nSPS) is 14.2. The Hall–Kier alpha value is -2.86. The van der Waals surface area contributed by atoms with Gasteiger partial charge in [-0.3, -0.25) is 0 Å². The molecule has 3 aromatic heterocycles. The third-order valence-corrected chi connectivity index (χ3v) is 3.81. The van der Waals surface area contributed by atoms with Crippen LogP contribution in [-0.2, 0) is 5.60 Å². The third-order valence-electron chi connectivity index (χ3n) is 3.81. The van der Waals surface area contributed by atoms with E-state index in [1.807, 2.05) is 24.3 Å². The number of aromatic nitrogens is 2. The van der Waals surface area contributed by atoms with Crippen molar-refractivity contribution >= 4 is 27.9 Å². The fourth-order valence-corrected chi connectivity index (χ4v) is 2.58. The molecule has 0 saturated carbocycles. The van der Waals surface area contributed by atoms with Crippen molar-refractivity contribution in [1.82, 2.24) is 9.97 Å². The average Bonchev–Trinajstić information content (AvgIpc) is 3.21. The number of nitrogens with one attached hydrogen (secondary N) is 1. The number of furan rings is 2. The van der Waals surface area contributed by atoms with E-state index < -0.39 is 5.60 Å². The molecule has 0 aliphatic rings. The molecule has 0 bridgehead atoms. The van der Waals surface area contributed by atoms with E-state index in [9.17, 15) is 5.11 Å². The summed E-state index contributed by atoms with van der Waals surface area (Å²) in [6.07, 6.45) is 3.01. The number of anilines is 1. The molecule has 4 aromatic rings. The fourth-order valence-electron chi connectivity index (χ4n) is 2.58. The van der Waals surface area contributed by atoms with Gasteiger partial charge < -0.3 is 19.3 Å². The summed E-state index contributed by atoms with van der Waals surface area (Å²) >= 11 is 0. The zero-order valence-electron chi connectivity index (χ0n) is 12.5. The lowest BCUT2D eigenvalue weighted by Gasteiger charge is -2.21. The predicted molar refractivity (Wildman–Crippen MR) is 86.1 cm³/mol. The topological polar surface area (TPSA) is 84.3 Å². The standard InChI is InChI=1S/C17H15N3O3/c1-17(21,13-7-4-8-22-13)9-18-16-15-14(19-10-20-16)11-5-2-3-6-12(11)23-15/h2-8,10,21H,9H2,1H3,(H,18,19,20). The Balaban J connectivity index is 1.69. The monoisotopic (exact) mass is 309 g/mol. The molecule has 2 N–H and O–H groups in total. The Labute approximate surface area is 131 Å². The number of hydrogen-bond acceptors (Lipinski definition) is 6. The highest BCUT2D eigenvalue weighted by molar-refractivity contribution is 6.05. The number of aliphatic hydroxyl groups is 1. The van der Waals surface area contributed by atoms with Crippen LogP contribution in [-0.4, -0.2) is 21.6 Å². The SMILES string of the molecule is CC(O)(CNc1ncnc2c1oc1ccccc12)c1ccco1. The molecule has 0 spiro atoms. The second-order valence-electron chi connectivity index (χ2n) is 5.60. The van der Waals surface area contributed by atoms with Gasteiger partial charge in [-0.1, -0.05) is 12.1 Å². The summed E-state index contributed by atoms with van der Waals surface area (Å²) in [5.74, 6) is 1.03. The molecule has 0 radical (unpaired) electrons. The molecular formula is C17H15N3O3. The van der Waals surface area contributed by atoms with Crippen LogP contribution in [0.5, 0.6) is 0 Å². The average molecular weight is 309 g/mol. The molecule has 6 nitrogen and oxygen atoms in total. The van der Waals surface area contributed by atoms with Crippen LogP contribution in [0.3, 0.4) is 0 Å². The van der Waals surface area contributed by atoms with Crippen molar-refractivity contribution in [3.8, 4) is 0 Å². The highest BCUT2D eigenvalue weighted by Gasteiger charge is 2.26. The number of para-hydroxylation sites is 1. The molecular weight excluding hydrogens is 294 g/mol. The number of rotatable bonds is 4. The highest BCUT2D eigenvalue weighted by atomic mass is 16.4. The Morgan fingerprint density at radius 1 is 1.17 bits per heavy atom. The number of benzene rings is 1. The molecule has 1 unspecified atom stereocenters. The van der Waals surface area contributed by atoms with Gasteiger partial charge in [-0.05, 0) is 31.2 Å². The molecule has 0 amide bonds. The van der Waals surface area contributed by atoms with Gasteiger partial charge in [0, 0.05) is 5.39 Å². The quantitative estimate of drug-likeness (QED) is 0.602. The molecule has 116 valence electrons. The lowest BCUT2D eigenvalue weighted by atomic mass is 10.0. The van der Waals surface area contributed by atoms with E-state index in [4.69, 9.17) is 8.83 Å². The van der Waals surface area contributed by atoms with Gasteiger partial charge in [0.1, 0.15) is 28.8 Å². The zero-order valence-corrected chi connectivity index (χ0v) is 12.5. The Kier molecular flexibility index (Phi) is 3.06. The van der Waals surface area contributed by atoms with Gasteiger partial charge in [-0.15, -0.1) is 0 Å². The van der Waals surface area contributed by atoms with Crippen LogP contribution in [0.1, 0.15) is 12.7 Å². The van der Waals surface area contributed by atoms with Crippen molar-refractivity contribution < 1.29 is 13.9 Å². The summed E-state index contributed by atoms with van der Waals surface area (Å²) in [6, 6.07) is 11.2. The van der Waals surface area contributed by atoms with E-state index in [0.717, 1.165) is 16.5 Å². The van der Waals surface area contributed by atoms with Crippen LogP contribution in [0.15, 0.2) is 57.8 Å². The van der Waals surface area contributed by atoms with E-state index in [-0.39, 0.29) is 6.54 Å². The maximum atomic E-state index is 10.5. The van der Waals surface area contributed by atoms with Crippen molar-refractivity contribution in [2.24, 2.45) is 0 Å². The van der Waals surface area contributed by atoms with E-state index in [0.29, 0.717) is 17.2 Å².